The van der Waals surface area contributed by atoms with Gasteiger partial charge >= 0.3 is 0 Å². The molecule has 1 fully saturated rings. The fourth-order valence-corrected chi connectivity index (χ4v) is 1.24. The molecule has 1 aliphatic heterocycles. The largest absolute Gasteiger partial charge is 0.335 e. The van der Waals surface area contributed by atoms with E-state index in [4.69, 9.17) is 23.2 Å². The lowest BCUT2D eigenvalue weighted by Gasteiger charge is -2.01. The second-order valence-corrected chi connectivity index (χ2v) is 3.55. The van der Waals surface area contributed by atoms with Crippen LogP contribution in [0.1, 0.15) is 10.4 Å². The van der Waals surface area contributed by atoms with Gasteiger partial charge in [0.2, 0.25) is 0 Å². The molecule has 0 N–H and O–H groups in total. The van der Waals surface area contributed by atoms with Crippen LogP contribution >= 0.6 is 23.2 Å². The predicted octanol–water partition coefficient (Wildman–Crippen LogP) is 1.84. The molecule has 1 aromatic heterocycles. The van der Waals surface area contributed by atoms with E-state index in [1.165, 1.54) is 12.3 Å². The zero-order valence-corrected chi connectivity index (χ0v) is 8.14. The van der Waals surface area contributed by atoms with Gasteiger partial charge in [-0.1, -0.05) is 23.2 Å². The minimum Gasteiger partial charge on any atom is -0.335 e. The van der Waals surface area contributed by atoms with Gasteiger partial charge in [-0.3, -0.25) is 4.79 Å². The topological polar surface area (TPSA) is 33.0 Å². The first-order valence-corrected chi connectivity index (χ1v) is 4.54. The Hall–Kier alpha value is -0.800. The molecule has 13 heavy (non-hydrogen) atoms. The molecule has 2 rings (SSSR count). The minimum atomic E-state index is -0.0360. The summed E-state index contributed by atoms with van der Waals surface area (Å²) in [6.07, 6.45) is 1.44. The quantitative estimate of drug-likeness (QED) is 0.531. The molecule has 0 aromatic carbocycles. The smallest absolute Gasteiger partial charge is 0.255 e. The monoisotopic (exact) mass is 216 g/mol. The summed E-state index contributed by atoms with van der Waals surface area (Å²) < 4.78 is 0. The molecule has 0 spiro atoms. The molecule has 5 heteroatoms. The first-order chi connectivity index (χ1) is 6.18. The Labute approximate surface area is 85.3 Å². The summed E-state index contributed by atoms with van der Waals surface area (Å²) in [4.78, 5) is 16.9. The number of halogens is 2. The highest BCUT2D eigenvalue weighted by Crippen LogP contribution is 2.21. The summed E-state index contributed by atoms with van der Waals surface area (Å²) in [6, 6.07) is 1.54. The first-order valence-electron chi connectivity index (χ1n) is 3.79. The van der Waals surface area contributed by atoms with Gasteiger partial charge in [-0.15, -0.1) is 0 Å². The van der Waals surface area contributed by atoms with Gasteiger partial charge in [0, 0.05) is 19.3 Å². The van der Waals surface area contributed by atoms with Crippen LogP contribution in [0.25, 0.3) is 0 Å². The number of rotatable bonds is 1. The molecule has 0 saturated carbocycles. The van der Waals surface area contributed by atoms with Crippen LogP contribution in [0.5, 0.6) is 0 Å². The molecule has 2 heterocycles. The minimum absolute atomic E-state index is 0.0360. The standard InChI is InChI=1S/C8H6Cl2N2O/c9-6-3-5(4-11-7(6)10)8(13)12-1-2-12/h3-4H,1-2H2. The van der Waals surface area contributed by atoms with Crippen molar-refractivity contribution in [2.24, 2.45) is 0 Å². The van der Waals surface area contributed by atoms with E-state index < -0.39 is 0 Å². The van der Waals surface area contributed by atoms with Gasteiger partial charge in [-0.05, 0) is 6.07 Å². The molecule has 68 valence electrons. The Morgan fingerprint density at radius 2 is 2.15 bits per heavy atom. The average molecular weight is 217 g/mol. The molecule has 0 bridgehead atoms. The van der Waals surface area contributed by atoms with Gasteiger partial charge in [0.15, 0.2) is 0 Å². The van der Waals surface area contributed by atoms with Gasteiger partial charge in [0.25, 0.3) is 5.91 Å². The van der Waals surface area contributed by atoms with Crippen molar-refractivity contribution < 1.29 is 4.79 Å². The number of aromatic nitrogens is 1. The molecule has 0 unspecified atom stereocenters. The van der Waals surface area contributed by atoms with Gasteiger partial charge in [0.05, 0.1) is 10.6 Å². The number of amides is 1. The van der Waals surface area contributed by atoms with Gasteiger partial charge < -0.3 is 4.90 Å². The van der Waals surface area contributed by atoms with E-state index in [1.54, 1.807) is 4.90 Å². The van der Waals surface area contributed by atoms with Gasteiger partial charge in [-0.2, -0.15) is 0 Å². The van der Waals surface area contributed by atoms with E-state index >= 15 is 0 Å². The molecule has 3 nitrogen and oxygen atoms in total. The Bertz CT molecular complexity index is 363. The van der Waals surface area contributed by atoms with E-state index in [-0.39, 0.29) is 11.1 Å². The van der Waals surface area contributed by atoms with Crippen LogP contribution < -0.4 is 0 Å². The second-order valence-electron chi connectivity index (χ2n) is 2.79. The van der Waals surface area contributed by atoms with Crippen molar-refractivity contribution in [1.29, 1.82) is 0 Å². The SMILES string of the molecule is O=C(c1cnc(Cl)c(Cl)c1)N1CC1. The third kappa shape index (κ3) is 1.76. The maximum absolute atomic E-state index is 11.5. The fourth-order valence-electron chi connectivity index (χ4n) is 0.974. The fraction of sp³-hybridized carbons (Fsp3) is 0.250. The maximum atomic E-state index is 11.5. The average Bonchev–Trinajstić information content (AvgIpc) is 2.91. The van der Waals surface area contributed by atoms with Crippen LogP contribution in [-0.4, -0.2) is 28.9 Å². The van der Waals surface area contributed by atoms with E-state index in [1.807, 2.05) is 0 Å². The lowest BCUT2D eigenvalue weighted by molar-refractivity contribution is 0.0885. The Morgan fingerprint density at radius 1 is 1.46 bits per heavy atom. The molecular formula is C8H6Cl2N2O. The summed E-state index contributed by atoms with van der Waals surface area (Å²) in [7, 11) is 0. The van der Waals surface area contributed by atoms with Crippen LogP contribution in [0.15, 0.2) is 12.3 Å². The molecule has 0 radical (unpaired) electrons. The Morgan fingerprint density at radius 3 is 2.69 bits per heavy atom. The summed E-state index contributed by atoms with van der Waals surface area (Å²) in [5.41, 5.74) is 0.493. The number of pyridine rings is 1. The number of hydrogen-bond acceptors (Lipinski definition) is 2. The second kappa shape index (κ2) is 3.16. The van der Waals surface area contributed by atoms with Crippen LogP contribution in [0.3, 0.4) is 0 Å². The first kappa shape index (κ1) is 8.78. The lowest BCUT2D eigenvalue weighted by Crippen LogP contribution is -2.10. The lowest BCUT2D eigenvalue weighted by atomic mass is 10.3. The molecule has 0 atom stereocenters. The Kier molecular flexibility index (Phi) is 2.14. The summed E-state index contributed by atoms with van der Waals surface area (Å²) in [6.45, 7) is 1.64. The van der Waals surface area contributed by atoms with E-state index in [9.17, 15) is 4.79 Å². The zero-order valence-electron chi connectivity index (χ0n) is 6.63. The molecular weight excluding hydrogens is 211 g/mol. The zero-order chi connectivity index (χ0) is 9.42. The van der Waals surface area contributed by atoms with Crippen molar-refractivity contribution in [3.05, 3.63) is 28.0 Å². The van der Waals surface area contributed by atoms with Crippen LogP contribution in [0, 0.1) is 0 Å². The molecule has 1 aromatic rings. The van der Waals surface area contributed by atoms with Gasteiger partial charge in [-0.25, -0.2) is 4.98 Å². The molecule has 1 amide bonds. The van der Waals surface area contributed by atoms with Crippen molar-refractivity contribution in [3.63, 3.8) is 0 Å². The third-order valence-electron chi connectivity index (χ3n) is 1.78. The van der Waals surface area contributed by atoms with Crippen molar-refractivity contribution in [2.45, 2.75) is 0 Å². The molecule has 1 aliphatic rings. The predicted molar refractivity (Wildman–Crippen MR) is 50.2 cm³/mol. The van der Waals surface area contributed by atoms with E-state index in [0.29, 0.717) is 10.6 Å². The van der Waals surface area contributed by atoms with Crippen molar-refractivity contribution >= 4 is 29.1 Å². The van der Waals surface area contributed by atoms with E-state index in [2.05, 4.69) is 4.98 Å². The highest BCUT2D eigenvalue weighted by atomic mass is 35.5. The van der Waals surface area contributed by atoms with Crippen molar-refractivity contribution in [1.82, 2.24) is 9.88 Å². The van der Waals surface area contributed by atoms with E-state index in [0.717, 1.165) is 13.1 Å². The number of nitrogens with zero attached hydrogens (tertiary/aromatic N) is 2. The summed E-state index contributed by atoms with van der Waals surface area (Å²) >= 11 is 11.3. The summed E-state index contributed by atoms with van der Waals surface area (Å²) in [5, 5.41) is 0.540. The molecule has 0 aliphatic carbocycles. The number of hydrogen-bond donors (Lipinski definition) is 0. The van der Waals surface area contributed by atoms with Crippen molar-refractivity contribution in [3.8, 4) is 0 Å². The third-order valence-corrected chi connectivity index (χ3v) is 2.46. The normalized spacial score (nSPS) is 14.5. The van der Waals surface area contributed by atoms with Gasteiger partial charge in [0.1, 0.15) is 5.15 Å². The highest BCUT2D eigenvalue weighted by Gasteiger charge is 2.25. The van der Waals surface area contributed by atoms with Crippen LogP contribution in [-0.2, 0) is 0 Å². The van der Waals surface area contributed by atoms with Crippen molar-refractivity contribution in [2.75, 3.05) is 13.1 Å². The summed E-state index contributed by atoms with van der Waals surface area (Å²) in [5.74, 6) is -0.0360. The Balaban J connectivity index is 2.30. The molecule has 1 saturated heterocycles. The van der Waals surface area contributed by atoms with Crippen LogP contribution in [0.4, 0.5) is 0 Å². The number of carbonyl (C=O) groups excluding carboxylic acids is 1. The van der Waals surface area contributed by atoms with Crippen LogP contribution in [0.2, 0.25) is 10.2 Å². The number of carbonyl (C=O) groups is 1. The highest BCUT2D eigenvalue weighted by molar-refractivity contribution is 6.41. The maximum Gasteiger partial charge on any atom is 0.255 e.